The molecular weight excluding hydrogens is 230 g/mol. The van der Waals surface area contributed by atoms with E-state index in [0.29, 0.717) is 17.7 Å². The number of rotatable bonds is 4. The Balaban J connectivity index is 2.99. The monoisotopic (exact) mass is 245 g/mol. The van der Waals surface area contributed by atoms with Gasteiger partial charge in [-0.05, 0) is 12.1 Å². The minimum atomic E-state index is -0.470. The molecule has 0 aliphatic rings. The van der Waals surface area contributed by atoms with Gasteiger partial charge in [0.05, 0.1) is 18.4 Å². The molecular formula is C14H15NO3. The molecule has 0 aromatic heterocycles. The molecule has 0 atom stereocenters. The molecule has 0 bridgehead atoms. The lowest BCUT2D eigenvalue weighted by molar-refractivity contribution is -0.118. The standard InChI is InChI=1S/C14H15NO3/c1-4-5-10-13(16)15(2)12-9-7-6-8-11(12)14(17)18-3/h1,6-9H,5,10H2,2-3H3. The van der Waals surface area contributed by atoms with Crippen LogP contribution in [0, 0.1) is 12.3 Å². The van der Waals surface area contributed by atoms with E-state index in [1.165, 1.54) is 12.0 Å². The van der Waals surface area contributed by atoms with Gasteiger partial charge in [0.25, 0.3) is 0 Å². The molecule has 4 nitrogen and oxygen atoms in total. The molecule has 0 aliphatic carbocycles. The second-order valence-electron chi connectivity index (χ2n) is 3.67. The van der Waals surface area contributed by atoms with E-state index in [-0.39, 0.29) is 12.3 Å². The summed E-state index contributed by atoms with van der Waals surface area (Å²) >= 11 is 0. The van der Waals surface area contributed by atoms with Crippen molar-refractivity contribution in [3.8, 4) is 12.3 Å². The number of amides is 1. The second kappa shape index (κ2) is 6.45. The third-order valence-corrected chi connectivity index (χ3v) is 2.53. The Labute approximate surface area is 107 Å². The average Bonchev–Trinajstić information content (AvgIpc) is 2.43. The highest BCUT2D eigenvalue weighted by Gasteiger charge is 2.17. The molecule has 0 saturated carbocycles. The van der Waals surface area contributed by atoms with E-state index in [9.17, 15) is 9.59 Å². The van der Waals surface area contributed by atoms with E-state index in [1.807, 2.05) is 0 Å². The molecule has 18 heavy (non-hydrogen) atoms. The molecule has 0 radical (unpaired) electrons. The lowest BCUT2D eigenvalue weighted by atomic mass is 10.1. The normalized spacial score (nSPS) is 9.39. The van der Waals surface area contributed by atoms with Gasteiger partial charge in [-0.3, -0.25) is 4.79 Å². The zero-order valence-electron chi connectivity index (χ0n) is 10.5. The largest absolute Gasteiger partial charge is 0.465 e. The fourth-order valence-corrected chi connectivity index (χ4v) is 1.53. The molecule has 0 saturated heterocycles. The third-order valence-electron chi connectivity index (χ3n) is 2.53. The van der Waals surface area contributed by atoms with Gasteiger partial charge in [0, 0.05) is 19.9 Å². The maximum atomic E-state index is 11.8. The van der Waals surface area contributed by atoms with Gasteiger partial charge in [-0.25, -0.2) is 4.79 Å². The van der Waals surface area contributed by atoms with Crippen molar-refractivity contribution >= 4 is 17.6 Å². The van der Waals surface area contributed by atoms with Crippen molar-refractivity contribution in [1.29, 1.82) is 0 Å². The van der Waals surface area contributed by atoms with Crippen LogP contribution in [0.2, 0.25) is 0 Å². The Bertz CT molecular complexity index is 488. The first-order chi connectivity index (χ1) is 8.61. The molecule has 0 heterocycles. The number of carbonyl (C=O) groups is 2. The van der Waals surface area contributed by atoms with Gasteiger partial charge in [-0.15, -0.1) is 12.3 Å². The minimum Gasteiger partial charge on any atom is -0.465 e. The first-order valence-electron chi connectivity index (χ1n) is 5.49. The molecule has 1 amide bonds. The van der Waals surface area contributed by atoms with Crippen LogP contribution in [0.1, 0.15) is 23.2 Å². The number of ether oxygens (including phenoxy) is 1. The third kappa shape index (κ3) is 3.11. The summed E-state index contributed by atoms with van der Waals surface area (Å²) in [5, 5.41) is 0. The number of terminal acetylenes is 1. The fraction of sp³-hybridized carbons (Fsp3) is 0.286. The number of nitrogens with zero attached hydrogens (tertiary/aromatic N) is 1. The lowest BCUT2D eigenvalue weighted by Gasteiger charge is -2.19. The Morgan fingerprint density at radius 2 is 2.06 bits per heavy atom. The average molecular weight is 245 g/mol. The predicted octanol–water partition coefficient (Wildman–Crippen LogP) is 1.85. The Morgan fingerprint density at radius 3 is 2.67 bits per heavy atom. The summed E-state index contributed by atoms with van der Waals surface area (Å²) in [4.78, 5) is 24.8. The molecule has 0 unspecified atom stereocenters. The molecule has 94 valence electrons. The maximum absolute atomic E-state index is 11.8. The SMILES string of the molecule is C#CCCC(=O)N(C)c1ccccc1C(=O)OC. The van der Waals surface area contributed by atoms with Crippen molar-refractivity contribution in [3.05, 3.63) is 29.8 Å². The van der Waals surface area contributed by atoms with Gasteiger partial charge in [-0.2, -0.15) is 0 Å². The smallest absolute Gasteiger partial charge is 0.339 e. The van der Waals surface area contributed by atoms with Crippen LogP contribution in [-0.2, 0) is 9.53 Å². The summed E-state index contributed by atoms with van der Waals surface area (Å²) in [6, 6.07) is 6.79. The highest BCUT2D eigenvalue weighted by molar-refractivity contribution is 6.02. The van der Waals surface area contributed by atoms with Crippen molar-refractivity contribution in [2.45, 2.75) is 12.8 Å². The zero-order valence-corrected chi connectivity index (χ0v) is 10.5. The van der Waals surface area contributed by atoms with Gasteiger partial charge in [-0.1, -0.05) is 12.1 Å². The van der Waals surface area contributed by atoms with Crippen LogP contribution in [0.25, 0.3) is 0 Å². The van der Waals surface area contributed by atoms with Gasteiger partial charge < -0.3 is 9.64 Å². The number of hydrogen-bond acceptors (Lipinski definition) is 3. The number of carbonyl (C=O) groups excluding carboxylic acids is 2. The highest BCUT2D eigenvalue weighted by atomic mass is 16.5. The predicted molar refractivity (Wildman–Crippen MR) is 69.3 cm³/mol. The number of methoxy groups -OCH3 is 1. The van der Waals surface area contributed by atoms with Gasteiger partial charge in [0.2, 0.25) is 5.91 Å². The topological polar surface area (TPSA) is 46.6 Å². The molecule has 1 aromatic carbocycles. The van der Waals surface area contributed by atoms with Crippen molar-refractivity contribution in [2.75, 3.05) is 19.1 Å². The molecule has 0 aliphatic heterocycles. The first-order valence-corrected chi connectivity index (χ1v) is 5.49. The van der Waals surface area contributed by atoms with Gasteiger partial charge in [0.15, 0.2) is 0 Å². The number of esters is 1. The summed E-state index contributed by atoms with van der Waals surface area (Å²) < 4.78 is 4.68. The van der Waals surface area contributed by atoms with Gasteiger partial charge in [0.1, 0.15) is 0 Å². The quantitative estimate of drug-likeness (QED) is 0.600. The van der Waals surface area contributed by atoms with Crippen molar-refractivity contribution in [2.24, 2.45) is 0 Å². The molecule has 4 heteroatoms. The zero-order chi connectivity index (χ0) is 13.5. The Hall–Kier alpha value is -2.28. The van der Waals surface area contributed by atoms with E-state index in [2.05, 4.69) is 10.7 Å². The Kier molecular flexibility index (Phi) is 4.94. The lowest BCUT2D eigenvalue weighted by Crippen LogP contribution is -2.27. The summed E-state index contributed by atoms with van der Waals surface area (Å²) in [7, 11) is 2.92. The van der Waals surface area contributed by atoms with E-state index in [0.717, 1.165) is 0 Å². The number of benzene rings is 1. The van der Waals surface area contributed by atoms with Crippen molar-refractivity contribution in [3.63, 3.8) is 0 Å². The number of anilines is 1. The summed E-state index contributed by atoms with van der Waals surface area (Å²) in [6.07, 6.45) is 5.75. The first kappa shape index (κ1) is 13.8. The highest BCUT2D eigenvalue weighted by Crippen LogP contribution is 2.20. The number of para-hydroxylation sites is 1. The van der Waals surface area contributed by atoms with Crippen molar-refractivity contribution in [1.82, 2.24) is 0 Å². The summed E-state index contributed by atoms with van der Waals surface area (Å²) in [5.41, 5.74) is 0.878. The van der Waals surface area contributed by atoms with E-state index < -0.39 is 5.97 Å². The van der Waals surface area contributed by atoms with E-state index in [4.69, 9.17) is 6.42 Å². The minimum absolute atomic E-state index is 0.135. The van der Waals surface area contributed by atoms with Crippen LogP contribution in [0.5, 0.6) is 0 Å². The second-order valence-corrected chi connectivity index (χ2v) is 3.67. The summed E-state index contributed by atoms with van der Waals surface area (Å²) in [6.45, 7) is 0. The molecule has 0 N–H and O–H groups in total. The number of hydrogen-bond donors (Lipinski definition) is 0. The van der Waals surface area contributed by atoms with Crippen LogP contribution in [0.15, 0.2) is 24.3 Å². The van der Waals surface area contributed by atoms with Crippen LogP contribution in [0.3, 0.4) is 0 Å². The van der Waals surface area contributed by atoms with Crippen molar-refractivity contribution < 1.29 is 14.3 Å². The molecule has 0 fully saturated rings. The van der Waals surface area contributed by atoms with Crippen LogP contribution < -0.4 is 4.90 Å². The van der Waals surface area contributed by atoms with Crippen LogP contribution in [-0.4, -0.2) is 26.0 Å². The summed E-state index contributed by atoms with van der Waals surface area (Å²) in [5.74, 6) is 1.81. The fourth-order valence-electron chi connectivity index (χ4n) is 1.53. The van der Waals surface area contributed by atoms with Gasteiger partial charge >= 0.3 is 5.97 Å². The molecule has 1 rings (SSSR count). The maximum Gasteiger partial charge on any atom is 0.339 e. The molecule has 0 spiro atoms. The van der Waals surface area contributed by atoms with E-state index in [1.54, 1.807) is 31.3 Å². The van der Waals surface area contributed by atoms with E-state index >= 15 is 0 Å². The van der Waals surface area contributed by atoms with Crippen LogP contribution in [0.4, 0.5) is 5.69 Å². The Morgan fingerprint density at radius 1 is 1.39 bits per heavy atom. The van der Waals surface area contributed by atoms with Crippen LogP contribution >= 0.6 is 0 Å². The molecule has 1 aromatic rings.